The Morgan fingerprint density at radius 3 is 1.37 bits per heavy atom. The fraction of sp³-hybridized carbons (Fsp3) is 0.500. The van der Waals surface area contributed by atoms with Gasteiger partial charge in [-0.25, -0.2) is 0 Å². The van der Waals surface area contributed by atoms with Crippen molar-refractivity contribution in [1.29, 1.82) is 0 Å². The van der Waals surface area contributed by atoms with E-state index < -0.39 is 17.9 Å². The Hall–Kier alpha value is -2.94. The van der Waals surface area contributed by atoms with Gasteiger partial charge in [0.25, 0.3) is 0 Å². The highest BCUT2D eigenvalue weighted by Gasteiger charge is 2.10. The topological polar surface area (TPSA) is 202 Å². The number of aliphatic hydroxyl groups is 2. The van der Waals surface area contributed by atoms with Gasteiger partial charge >= 0.3 is 23.9 Å². The highest BCUT2D eigenvalue weighted by Crippen LogP contribution is 2.10. The van der Waals surface area contributed by atoms with E-state index in [0.717, 1.165) is 30.6 Å². The SMILES string of the molecule is C=CCO.C=CCOC(=O)CCSC(=O)CCC(=O)OCC=C.CO.O=C(O)CCSC(=O)CCC(=O)O. The summed E-state index contributed by atoms with van der Waals surface area (Å²) in [4.78, 5) is 64.5. The van der Waals surface area contributed by atoms with Gasteiger partial charge in [0.05, 0.1) is 32.3 Å². The van der Waals surface area contributed by atoms with Crippen LogP contribution >= 0.6 is 23.5 Å². The predicted octanol–water partition coefficient (Wildman–Crippen LogP) is 2.23. The van der Waals surface area contributed by atoms with Crippen molar-refractivity contribution in [3.8, 4) is 0 Å². The van der Waals surface area contributed by atoms with Gasteiger partial charge in [-0.2, -0.15) is 0 Å². The molecular weight excluding hydrogens is 544 g/mol. The van der Waals surface area contributed by atoms with Crippen molar-refractivity contribution in [3.05, 3.63) is 38.0 Å². The molecular formula is C24H38O12S2. The number of rotatable bonds is 17. The number of carboxylic acids is 2. The van der Waals surface area contributed by atoms with Crippen LogP contribution in [0.3, 0.4) is 0 Å². The van der Waals surface area contributed by atoms with Crippen LogP contribution in [0.1, 0.15) is 38.5 Å². The molecule has 0 rings (SSSR count). The summed E-state index contributed by atoms with van der Waals surface area (Å²) in [5.74, 6) is -2.24. The van der Waals surface area contributed by atoms with Gasteiger partial charge in [0, 0.05) is 31.5 Å². The number of esters is 2. The first-order chi connectivity index (χ1) is 18.0. The molecule has 218 valence electrons. The van der Waals surface area contributed by atoms with E-state index in [1.165, 1.54) is 18.2 Å². The second kappa shape index (κ2) is 34.1. The van der Waals surface area contributed by atoms with Crippen molar-refractivity contribution in [2.24, 2.45) is 0 Å². The molecule has 0 aromatic heterocycles. The molecule has 0 heterocycles. The van der Waals surface area contributed by atoms with Gasteiger partial charge < -0.3 is 29.9 Å². The average molecular weight is 583 g/mol. The first-order valence-corrected chi connectivity index (χ1v) is 12.9. The number of carboxylic acid groups (broad SMARTS) is 2. The fourth-order valence-electron chi connectivity index (χ4n) is 1.51. The number of hydrogen-bond acceptors (Lipinski definition) is 12. The largest absolute Gasteiger partial charge is 0.481 e. The maximum absolute atomic E-state index is 11.4. The van der Waals surface area contributed by atoms with E-state index in [0.29, 0.717) is 5.75 Å². The van der Waals surface area contributed by atoms with E-state index in [1.807, 2.05) is 0 Å². The first-order valence-electron chi connectivity index (χ1n) is 11.0. The lowest BCUT2D eigenvalue weighted by molar-refractivity contribution is -0.143. The number of carbonyl (C=O) groups is 6. The monoisotopic (exact) mass is 582 g/mol. The zero-order chi connectivity index (χ0) is 30.2. The van der Waals surface area contributed by atoms with E-state index in [2.05, 4.69) is 19.7 Å². The van der Waals surface area contributed by atoms with Gasteiger partial charge in [0.1, 0.15) is 13.2 Å². The Morgan fingerprint density at radius 1 is 0.632 bits per heavy atom. The molecule has 0 saturated heterocycles. The second-order valence-corrected chi connectivity index (χ2v) is 8.45. The Kier molecular flexibility index (Phi) is 37.8. The lowest BCUT2D eigenvalue weighted by atomic mass is 10.3. The fourth-order valence-corrected chi connectivity index (χ4v) is 3.00. The molecule has 0 fully saturated rings. The van der Waals surface area contributed by atoms with E-state index in [4.69, 9.17) is 29.9 Å². The van der Waals surface area contributed by atoms with Crippen molar-refractivity contribution in [1.82, 2.24) is 0 Å². The molecule has 0 spiro atoms. The lowest BCUT2D eigenvalue weighted by Gasteiger charge is -2.02. The minimum Gasteiger partial charge on any atom is -0.481 e. The van der Waals surface area contributed by atoms with Crippen LogP contribution in [0.5, 0.6) is 0 Å². The molecule has 0 aromatic rings. The Balaban J connectivity index is -0.000000262. The van der Waals surface area contributed by atoms with Crippen molar-refractivity contribution in [2.75, 3.05) is 38.4 Å². The molecule has 14 heteroatoms. The molecule has 0 aliphatic carbocycles. The maximum atomic E-state index is 11.4. The standard InChI is InChI=1S/C13H18O5S.C7H10O5S.C3H6O.CH4O/c1-3-8-17-11(14)5-6-13(16)19-10-7-12(15)18-9-4-2;8-5(9)1-2-7(12)13-4-3-6(10)11;1-2-3-4;1-2/h3-4H,1-2,5-10H2;1-4H2,(H,8,9)(H,10,11);2,4H,1,3H2;2H,1H3. The molecule has 0 radical (unpaired) electrons. The van der Waals surface area contributed by atoms with Gasteiger partial charge in [-0.3, -0.25) is 28.8 Å². The van der Waals surface area contributed by atoms with E-state index in [9.17, 15) is 28.8 Å². The Morgan fingerprint density at radius 2 is 1.00 bits per heavy atom. The summed E-state index contributed by atoms with van der Waals surface area (Å²) < 4.78 is 9.48. The van der Waals surface area contributed by atoms with E-state index in [-0.39, 0.29) is 80.3 Å². The molecule has 38 heavy (non-hydrogen) atoms. The molecule has 0 bridgehead atoms. The number of aliphatic hydroxyl groups excluding tert-OH is 2. The summed E-state index contributed by atoms with van der Waals surface area (Å²) in [7, 11) is 1.00. The Bertz CT molecular complexity index is 723. The lowest BCUT2D eigenvalue weighted by Crippen LogP contribution is -2.08. The molecule has 0 aliphatic heterocycles. The summed E-state index contributed by atoms with van der Waals surface area (Å²) in [5, 5.41) is 30.8. The quantitative estimate of drug-likeness (QED) is 0.144. The third-order valence-corrected chi connectivity index (χ3v) is 4.95. The number of hydrogen-bond donors (Lipinski definition) is 4. The zero-order valence-corrected chi connectivity index (χ0v) is 23.1. The van der Waals surface area contributed by atoms with Crippen LogP contribution in [0, 0.1) is 0 Å². The van der Waals surface area contributed by atoms with Gasteiger partial charge in [0.2, 0.25) is 0 Å². The average Bonchev–Trinajstić information content (AvgIpc) is 2.89. The predicted molar refractivity (Wildman–Crippen MR) is 146 cm³/mol. The van der Waals surface area contributed by atoms with Crippen molar-refractivity contribution in [3.63, 3.8) is 0 Å². The summed E-state index contributed by atoms with van der Waals surface area (Å²) >= 11 is 1.87. The van der Waals surface area contributed by atoms with Crippen molar-refractivity contribution < 1.29 is 58.7 Å². The maximum Gasteiger partial charge on any atom is 0.306 e. The summed E-state index contributed by atoms with van der Waals surface area (Å²) in [5.41, 5.74) is 0. The minimum absolute atomic E-state index is 0.0420. The molecule has 0 saturated carbocycles. The van der Waals surface area contributed by atoms with Gasteiger partial charge in [-0.15, -0.1) is 6.58 Å². The highest BCUT2D eigenvalue weighted by molar-refractivity contribution is 8.13. The van der Waals surface area contributed by atoms with Crippen molar-refractivity contribution >= 4 is 57.6 Å². The molecule has 12 nitrogen and oxygen atoms in total. The van der Waals surface area contributed by atoms with Crippen molar-refractivity contribution in [2.45, 2.75) is 38.5 Å². The van der Waals surface area contributed by atoms with Gasteiger partial charge in [-0.05, 0) is 0 Å². The van der Waals surface area contributed by atoms with Crippen LogP contribution in [-0.2, 0) is 38.2 Å². The number of aliphatic carboxylic acids is 2. The van der Waals surface area contributed by atoms with Gasteiger partial charge in [0.15, 0.2) is 10.2 Å². The number of carbonyl (C=O) groups excluding carboxylic acids is 4. The minimum atomic E-state index is -1.02. The summed E-state index contributed by atoms with van der Waals surface area (Å²) in [6.45, 7) is 10.5. The van der Waals surface area contributed by atoms with Crippen LogP contribution in [0.25, 0.3) is 0 Å². The second-order valence-electron chi connectivity index (χ2n) is 6.14. The molecule has 0 atom stereocenters. The first kappa shape index (κ1) is 42.2. The molecule has 0 aliphatic rings. The highest BCUT2D eigenvalue weighted by atomic mass is 32.2. The molecule has 4 N–H and O–H groups in total. The summed E-state index contributed by atoms with van der Waals surface area (Å²) in [6.07, 6.45) is 4.35. The van der Waals surface area contributed by atoms with Crippen LogP contribution in [-0.4, -0.2) is 93.0 Å². The van der Waals surface area contributed by atoms with Crippen LogP contribution < -0.4 is 0 Å². The summed E-state index contributed by atoms with van der Waals surface area (Å²) in [6, 6.07) is 0. The van der Waals surface area contributed by atoms with Gasteiger partial charge in [-0.1, -0.05) is 54.9 Å². The van der Waals surface area contributed by atoms with Crippen LogP contribution in [0.4, 0.5) is 0 Å². The molecule has 0 aromatic carbocycles. The van der Waals surface area contributed by atoms with E-state index in [1.54, 1.807) is 0 Å². The molecule has 0 amide bonds. The molecule has 0 unspecified atom stereocenters. The third-order valence-electron chi connectivity index (χ3n) is 3.08. The van der Waals surface area contributed by atoms with Crippen LogP contribution in [0.2, 0.25) is 0 Å². The number of thioether (sulfide) groups is 2. The third kappa shape index (κ3) is 43.2. The zero-order valence-electron chi connectivity index (χ0n) is 21.5. The Labute approximate surface area is 231 Å². The number of ether oxygens (including phenoxy) is 2. The smallest absolute Gasteiger partial charge is 0.306 e. The normalized spacial score (nSPS) is 8.82. The van der Waals surface area contributed by atoms with Crippen LogP contribution in [0.15, 0.2) is 38.0 Å². The van der Waals surface area contributed by atoms with E-state index >= 15 is 0 Å².